The summed E-state index contributed by atoms with van der Waals surface area (Å²) < 4.78 is 22.6. The molecule has 2 unspecified atom stereocenters. The lowest BCUT2D eigenvalue weighted by Crippen LogP contribution is -2.44. The topological polar surface area (TPSA) is 111 Å². The van der Waals surface area contributed by atoms with Gasteiger partial charge in [0, 0.05) is 12.8 Å². The molecule has 9 nitrogen and oxygen atoms in total. The number of unbranched alkanes of at least 4 members (excludes halogenated alkanes) is 20. The van der Waals surface area contributed by atoms with Crippen molar-refractivity contribution in [2.75, 3.05) is 47.5 Å². The van der Waals surface area contributed by atoms with E-state index in [1.54, 1.807) is 0 Å². The first kappa shape index (κ1) is 67.2. The van der Waals surface area contributed by atoms with Gasteiger partial charge >= 0.3 is 11.9 Å². The quantitative estimate of drug-likeness (QED) is 0.0195. The van der Waals surface area contributed by atoms with Crippen molar-refractivity contribution in [2.45, 2.75) is 232 Å². The van der Waals surface area contributed by atoms with E-state index in [4.69, 9.17) is 18.9 Å². The maximum absolute atomic E-state index is 12.8. The number of carbonyl (C=O) groups excluding carboxylic acids is 3. The van der Waals surface area contributed by atoms with Gasteiger partial charge in [-0.3, -0.25) is 9.59 Å². The minimum atomic E-state index is -1.62. The summed E-state index contributed by atoms with van der Waals surface area (Å²) in [7, 11) is 5.91. The first-order valence-corrected chi connectivity index (χ1v) is 28.4. The molecule has 0 N–H and O–H groups in total. The summed E-state index contributed by atoms with van der Waals surface area (Å²) >= 11 is 0. The highest BCUT2D eigenvalue weighted by atomic mass is 16.7. The van der Waals surface area contributed by atoms with Crippen LogP contribution >= 0.6 is 0 Å². The van der Waals surface area contributed by atoms with E-state index in [1.807, 2.05) is 21.1 Å². The number of nitrogens with zero attached hydrogens (tertiary/aromatic N) is 1. The Morgan fingerprint density at radius 2 is 0.803 bits per heavy atom. The van der Waals surface area contributed by atoms with Crippen molar-refractivity contribution in [3.8, 4) is 0 Å². The maximum Gasteiger partial charge on any atom is 0.306 e. The number of carboxylic acids is 1. The van der Waals surface area contributed by atoms with Gasteiger partial charge in [-0.1, -0.05) is 227 Å². The molecule has 0 aliphatic carbocycles. The van der Waals surface area contributed by atoms with Gasteiger partial charge in [0.2, 0.25) is 0 Å². The fraction of sp³-hybridized carbons (Fsp3) is 0.694. The molecule has 0 radical (unpaired) electrons. The summed E-state index contributed by atoms with van der Waals surface area (Å²) in [6.45, 7) is 4.59. The van der Waals surface area contributed by atoms with Gasteiger partial charge < -0.3 is 33.3 Å². The highest BCUT2D eigenvalue weighted by Gasteiger charge is 2.22. The van der Waals surface area contributed by atoms with Crippen molar-refractivity contribution in [3.05, 3.63) is 97.2 Å². The number of carbonyl (C=O) groups is 3. The molecule has 0 saturated carbocycles. The molecule has 0 aromatic heterocycles. The summed E-state index contributed by atoms with van der Waals surface area (Å²) in [5.74, 6) is -2.29. The van der Waals surface area contributed by atoms with Crippen LogP contribution in [0.3, 0.4) is 0 Å². The molecule has 0 heterocycles. The molecule has 0 saturated heterocycles. The summed E-state index contributed by atoms with van der Waals surface area (Å²) in [4.78, 5) is 37.0. The Balaban J connectivity index is 4.07. The van der Waals surface area contributed by atoms with E-state index in [0.717, 1.165) is 89.9 Å². The number of rotatable bonds is 51. The van der Waals surface area contributed by atoms with Crippen LogP contribution < -0.4 is 5.11 Å². The number of ether oxygens (including phenoxy) is 4. The Hall–Kier alpha value is -3.79. The fourth-order valence-corrected chi connectivity index (χ4v) is 7.49. The van der Waals surface area contributed by atoms with Crippen LogP contribution in [0.4, 0.5) is 0 Å². The molecule has 0 aliphatic rings. The normalized spacial score (nSPS) is 13.5. The molecule has 0 rings (SSSR count). The second kappa shape index (κ2) is 52.5. The predicted octanol–water partition coefficient (Wildman–Crippen LogP) is 15.2. The average molecular weight is 993 g/mol. The molecule has 0 fully saturated rings. The predicted molar refractivity (Wildman–Crippen MR) is 297 cm³/mol. The van der Waals surface area contributed by atoms with Gasteiger partial charge in [0.15, 0.2) is 12.4 Å². The van der Waals surface area contributed by atoms with Crippen molar-refractivity contribution in [3.63, 3.8) is 0 Å². The zero-order valence-corrected chi connectivity index (χ0v) is 46.1. The van der Waals surface area contributed by atoms with Gasteiger partial charge in [0.25, 0.3) is 0 Å². The number of likely N-dealkylation sites (N-methyl/N-ethyl adjacent to an activating group) is 1. The Bertz CT molecular complexity index is 1480. The number of aliphatic carboxylic acids is 1. The molecule has 0 amide bonds. The standard InChI is InChI=1S/C62H105NO8/c1-6-8-10-12-14-16-17-18-19-20-21-22-23-24-25-26-27-28-29-30-31-32-33-34-35-36-37-38-39-40-41-42-43-45-47-49-51-53-60(65)71-58(57-70-62(61(66)67)68-55-54-63(3,4)5)56-69-59(64)52-50-48-46-44-15-13-11-9-7-2/h8,10,14,16,18-19,21-22,24-25,27-28,30-31,33-34,58,62H,6-7,9,11-13,15,17,20,23,26,29,32,35-57H2,1-5H3/b10-8-,16-14-,19-18-,22-21-,25-24-,28-27-,31-30-,34-33-. The van der Waals surface area contributed by atoms with Crippen LogP contribution in [-0.2, 0) is 33.3 Å². The first-order valence-electron chi connectivity index (χ1n) is 28.4. The molecular formula is C62H105NO8. The Labute approximate surface area is 435 Å². The van der Waals surface area contributed by atoms with Gasteiger partial charge in [0.05, 0.1) is 40.3 Å². The SMILES string of the molecule is CC/C=C\C/C=C\C/C=C\C/C=C\C/C=C\C/C=C\C/C=C\C/C=C\CCCCCCCCCCCCCCC(=O)OC(COC(=O)CCCCCCCCCCC)COC(OCC[N+](C)(C)C)C(=O)[O-]. The third-order valence-electron chi connectivity index (χ3n) is 11.8. The molecule has 0 bridgehead atoms. The summed E-state index contributed by atoms with van der Waals surface area (Å²) in [5, 5.41) is 11.7. The third kappa shape index (κ3) is 53.8. The van der Waals surface area contributed by atoms with Gasteiger partial charge in [-0.2, -0.15) is 0 Å². The van der Waals surface area contributed by atoms with Crippen LogP contribution in [-0.4, -0.2) is 82.3 Å². The molecule has 9 heteroatoms. The lowest BCUT2D eigenvalue weighted by Gasteiger charge is -2.26. The van der Waals surface area contributed by atoms with E-state index in [-0.39, 0.29) is 32.2 Å². The zero-order valence-electron chi connectivity index (χ0n) is 46.1. The van der Waals surface area contributed by atoms with Crippen LogP contribution in [0.25, 0.3) is 0 Å². The molecule has 0 aromatic rings. The van der Waals surface area contributed by atoms with Crippen molar-refractivity contribution < 1.29 is 42.9 Å². The molecule has 406 valence electrons. The second-order valence-electron chi connectivity index (χ2n) is 19.9. The summed E-state index contributed by atoms with van der Waals surface area (Å²) in [5.41, 5.74) is 0. The number of esters is 2. The Morgan fingerprint density at radius 3 is 1.20 bits per heavy atom. The van der Waals surface area contributed by atoms with Crippen molar-refractivity contribution in [1.29, 1.82) is 0 Å². The van der Waals surface area contributed by atoms with Crippen LogP contribution in [0.5, 0.6) is 0 Å². The van der Waals surface area contributed by atoms with Gasteiger partial charge in [-0.25, -0.2) is 0 Å². The number of quaternary nitrogens is 1. The zero-order chi connectivity index (χ0) is 52.0. The van der Waals surface area contributed by atoms with E-state index in [1.165, 1.54) is 96.3 Å². The summed E-state index contributed by atoms with van der Waals surface area (Å²) in [6, 6.07) is 0. The van der Waals surface area contributed by atoms with E-state index < -0.39 is 24.3 Å². The first-order chi connectivity index (χ1) is 34.6. The average Bonchev–Trinajstić information content (AvgIpc) is 3.34. The van der Waals surface area contributed by atoms with E-state index >= 15 is 0 Å². The molecule has 0 aromatic carbocycles. The summed E-state index contributed by atoms with van der Waals surface area (Å²) in [6.07, 6.45) is 67.6. The molecule has 0 aliphatic heterocycles. The van der Waals surface area contributed by atoms with Crippen LogP contribution in [0.1, 0.15) is 219 Å². The van der Waals surface area contributed by atoms with E-state index in [0.29, 0.717) is 23.9 Å². The van der Waals surface area contributed by atoms with Crippen molar-refractivity contribution in [2.24, 2.45) is 0 Å². The van der Waals surface area contributed by atoms with Crippen molar-refractivity contribution >= 4 is 17.9 Å². The van der Waals surface area contributed by atoms with Crippen LogP contribution in [0, 0.1) is 0 Å². The Kier molecular flexibility index (Phi) is 49.7. The number of hydrogen-bond donors (Lipinski definition) is 0. The Morgan fingerprint density at radius 1 is 0.437 bits per heavy atom. The number of allylic oxidation sites excluding steroid dienone is 16. The van der Waals surface area contributed by atoms with Gasteiger partial charge in [-0.05, 0) is 77.0 Å². The minimum Gasteiger partial charge on any atom is -0.545 e. The van der Waals surface area contributed by atoms with Crippen molar-refractivity contribution in [1.82, 2.24) is 0 Å². The smallest absolute Gasteiger partial charge is 0.306 e. The molecule has 71 heavy (non-hydrogen) atoms. The minimum absolute atomic E-state index is 0.145. The molecule has 0 spiro atoms. The molecule has 2 atom stereocenters. The molecular weight excluding hydrogens is 887 g/mol. The lowest BCUT2D eigenvalue weighted by atomic mass is 10.0. The van der Waals surface area contributed by atoms with Crippen LogP contribution in [0.2, 0.25) is 0 Å². The van der Waals surface area contributed by atoms with E-state index in [9.17, 15) is 19.5 Å². The monoisotopic (exact) mass is 992 g/mol. The largest absolute Gasteiger partial charge is 0.545 e. The fourth-order valence-electron chi connectivity index (χ4n) is 7.49. The van der Waals surface area contributed by atoms with Gasteiger partial charge in [-0.15, -0.1) is 0 Å². The lowest BCUT2D eigenvalue weighted by molar-refractivity contribution is -0.870. The number of carboxylic acid groups (broad SMARTS) is 1. The maximum atomic E-state index is 12.8. The van der Waals surface area contributed by atoms with E-state index in [2.05, 4.69) is 111 Å². The van der Waals surface area contributed by atoms with Gasteiger partial charge in [0.1, 0.15) is 13.2 Å². The third-order valence-corrected chi connectivity index (χ3v) is 11.8. The van der Waals surface area contributed by atoms with Crippen LogP contribution in [0.15, 0.2) is 97.2 Å². The highest BCUT2D eigenvalue weighted by molar-refractivity contribution is 5.70. The number of hydrogen-bond acceptors (Lipinski definition) is 8. The highest BCUT2D eigenvalue weighted by Crippen LogP contribution is 2.15. The second-order valence-corrected chi connectivity index (χ2v) is 19.9.